The lowest BCUT2D eigenvalue weighted by Gasteiger charge is -2.20. The van der Waals surface area contributed by atoms with Gasteiger partial charge in [-0.2, -0.15) is 0 Å². The van der Waals surface area contributed by atoms with Crippen molar-refractivity contribution in [2.75, 3.05) is 26.7 Å². The second-order valence-electron chi connectivity index (χ2n) is 6.86. The third-order valence-corrected chi connectivity index (χ3v) is 4.65. The van der Waals surface area contributed by atoms with Crippen LogP contribution in [0.4, 0.5) is 4.79 Å². The van der Waals surface area contributed by atoms with Gasteiger partial charge in [-0.25, -0.2) is 4.79 Å². The summed E-state index contributed by atoms with van der Waals surface area (Å²) in [6.45, 7) is 3.48. The van der Waals surface area contributed by atoms with Gasteiger partial charge in [0, 0.05) is 20.1 Å². The number of unbranched alkanes of at least 4 members (excludes halogenated alkanes) is 13. The molecule has 0 heterocycles. The van der Waals surface area contributed by atoms with Crippen molar-refractivity contribution in [3.8, 4) is 0 Å². The van der Waals surface area contributed by atoms with Crippen LogP contribution in [0.5, 0.6) is 0 Å². The van der Waals surface area contributed by atoms with Crippen LogP contribution in [0.1, 0.15) is 96.8 Å². The summed E-state index contributed by atoms with van der Waals surface area (Å²) >= 11 is 0. The van der Waals surface area contributed by atoms with E-state index in [-0.39, 0.29) is 12.6 Å². The lowest BCUT2D eigenvalue weighted by Crippen LogP contribution is -2.40. The van der Waals surface area contributed by atoms with E-state index in [1.54, 1.807) is 11.9 Å². The van der Waals surface area contributed by atoms with Gasteiger partial charge < -0.3 is 15.3 Å². The van der Waals surface area contributed by atoms with Crippen LogP contribution in [0.2, 0.25) is 0 Å². The monoisotopic (exact) mass is 342 g/mol. The standard InChI is InChI=1S/C20H42N2O2/c1-3-4-5-6-7-8-9-10-11-12-13-14-15-16-17-22(18-19-23)20(24)21-2/h23H,3-19H2,1-2H3,(H,21,24). The van der Waals surface area contributed by atoms with Crippen LogP contribution < -0.4 is 5.32 Å². The summed E-state index contributed by atoms with van der Waals surface area (Å²) in [5, 5.41) is 11.6. The first-order valence-corrected chi connectivity index (χ1v) is 10.3. The van der Waals surface area contributed by atoms with Gasteiger partial charge >= 0.3 is 6.03 Å². The molecule has 0 aliphatic rings. The third kappa shape index (κ3) is 14.8. The van der Waals surface area contributed by atoms with E-state index in [2.05, 4.69) is 12.2 Å². The minimum Gasteiger partial charge on any atom is -0.395 e. The van der Waals surface area contributed by atoms with E-state index in [4.69, 9.17) is 5.11 Å². The summed E-state index contributed by atoms with van der Waals surface area (Å²) in [6, 6.07) is -0.0845. The summed E-state index contributed by atoms with van der Waals surface area (Å²) in [5.74, 6) is 0. The highest BCUT2D eigenvalue weighted by atomic mass is 16.3. The van der Waals surface area contributed by atoms with Gasteiger partial charge in [-0.1, -0.05) is 90.4 Å². The molecule has 0 aliphatic carbocycles. The number of urea groups is 1. The summed E-state index contributed by atoms with van der Waals surface area (Å²) in [4.78, 5) is 13.3. The van der Waals surface area contributed by atoms with Crippen molar-refractivity contribution in [2.24, 2.45) is 0 Å². The van der Waals surface area contributed by atoms with Crippen molar-refractivity contribution < 1.29 is 9.90 Å². The maximum absolute atomic E-state index is 11.6. The maximum atomic E-state index is 11.6. The highest BCUT2D eigenvalue weighted by molar-refractivity contribution is 5.73. The Bertz CT molecular complexity index is 272. The molecule has 4 heteroatoms. The molecule has 0 saturated carbocycles. The molecule has 4 nitrogen and oxygen atoms in total. The number of aliphatic hydroxyl groups is 1. The van der Waals surface area contributed by atoms with Gasteiger partial charge in [-0.05, 0) is 6.42 Å². The third-order valence-electron chi connectivity index (χ3n) is 4.65. The van der Waals surface area contributed by atoms with E-state index in [1.165, 1.54) is 83.5 Å². The second-order valence-corrected chi connectivity index (χ2v) is 6.86. The molecule has 24 heavy (non-hydrogen) atoms. The molecular weight excluding hydrogens is 300 g/mol. The van der Waals surface area contributed by atoms with Gasteiger partial charge in [0.15, 0.2) is 0 Å². The van der Waals surface area contributed by atoms with Crippen LogP contribution in [-0.4, -0.2) is 42.8 Å². The fourth-order valence-corrected chi connectivity index (χ4v) is 3.09. The molecule has 2 amide bonds. The van der Waals surface area contributed by atoms with Gasteiger partial charge in [0.25, 0.3) is 0 Å². The zero-order chi connectivity index (χ0) is 17.9. The predicted octanol–water partition coefficient (Wildman–Crippen LogP) is 5.10. The Morgan fingerprint density at radius 1 is 0.750 bits per heavy atom. The fourth-order valence-electron chi connectivity index (χ4n) is 3.09. The quantitative estimate of drug-likeness (QED) is 0.361. The van der Waals surface area contributed by atoms with Crippen LogP contribution in [0.25, 0.3) is 0 Å². The molecule has 0 bridgehead atoms. The number of carbonyl (C=O) groups excluding carboxylic acids is 1. The molecule has 0 aromatic carbocycles. The molecule has 144 valence electrons. The van der Waals surface area contributed by atoms with E-state index >= 15 is 0 Å². The van der Waals surface area contributed by atoms with Crippen molar-refractivity contribution in [2.45, 2.75) is 96.8 Å². The fraction of sp³-hybridized carbons (Fsp3) is 0.950. The van der Waals surface area contributed by atoms with E-state index < -0.39 is 0 Å². The number of nitrogens with one attached hydrogen (secondary N) is 1. The van der Waals surface area contributed by atoms with Crippen LogP contribution in [0, 0.1) is 0 Å². The number of hydrogen-bond donors (Lipinski definition) is 2. The van der Waals surface area contributed by atoms with Gasteiger partial charge in [0.1, 0.15) is 0 Å². The van der Waals surface area contributed by atoms with E-state index in [0.29, 0.717) is 6.54 Å². The number of carbonyl (C=O) groups is 1. The molecule has 0 aromatic heterocycles. The van der Waals surface area contributed by atoms with Gasteiger partial charge in [-0.3, -0.25) is 0 Å². The zero-order valence-corrected chi connectivity index (χ0v) is 16.3. The van der Waals surface area contributed by atoms with Gasteiger partial charge in [0.05, 0.1) is 6.61 Å². The Morgan fingerprint density at radius 2 is 1.17 bits per heavy atom. The first-order chi connectivity index (χ1) is 11.8. The Kier molecular flexibility index (Phi) is 18.0. The number of amides is 2. The largest absolute Gasteiger partial charge is 0.395 e. The molecule has 0 fully saturated rings. The Hall–Kier alpha value is -0.770. The first kappa shape index (κ1) is 23.2. The highest BCUT2D eigenvalue weighted by Gasteiger charge is 2.09. The molecule has 0 spiro atoms. The normalized spacial score (nSPS) is 10.8. The molecule has 0 rings (SSSR count). The van der Waals surface area contributed by atoms with E-state index in [0.717, 1.165) is 13.0 Å². The highest BCUT2D eigenvalue weighted by Crippen LogP contribution is 2.13. The Balaban J connectivity index is 3.28. The molecule has 0 aromatic rings. The second kappa shape index (κ2) is 18.6. The average molecular weight is 343 g/mol. The molecule has 2 N–H and O–H groups in total. The smallest absolute Gasteiger partial charge is 0.317 e. The Labute approximate surface area is 150 Å². The Morgan fingerprint density at radius 3 is 1.54 bits per heavy atom. The summed E-state index contributed by atoms with van der Waals surface area (Å²) in [5.41, 5.74) is 0. The molecular formula is C20H42N2O2. The van der Waals surface area contributed by atoms with Crippen molar-refractivity contribution >= 4 is 6.03 Å². The number of hydrogen-bond acceptors (Lipinski definition) is 2. The lowest BCUT2D eigenvalue weighted by atomic mass is 10.0. The topological polar surface area (TPSA) is 52.6 Å². The van der Waals surface area contributed by atoms with E-state index in [1.807, 2.05) is 0 Å². The minimum absolute atomic E-state index is 0.0338. The summed E-state index contributed by atoms with van der Waals surface area (Å²) < 4.78 is 0. The summed E-state index contributed by atoms with van der Waals surface area (Å²) in [6.07, 6.45) is 18.8. The lowest BCUT2D eigenvalue weighted by molar-refractivity contribution is 0.177. The SMILES string of the molecule is CCCCCCCCCCCCCCCCN(CCO)C(=O)NC. The van der Waals surface area contributed by atoms with Crippen molar-refractivity contribution in [1.29, 1.82) is 0 Å². The van der Waals surface area contributed by atoms with Crippen LogP contribution in [-0.2, 0) is 0 Å². The van der Waals surface area contributed by atoms with Crippen LogP contribution in [0.3, 0.4) is 0 Å². The minimum atomic E-state index is -0.0845. The van der Waals surface area contributed by atoms with Gasteiger partial charge in [-0.15, -0.1) is 0 Å². The van der Waals surface area contributed by atoms with Crippen LogP contribution in [0.15, 0.2) is 0 Å². The first-order valence-electron chi connectivity index (χ1n) is 10.3. The molecule has 0 aliphatic heterocycles. The predicted molar refractivity (Wildman–Crippen MR) is 103 cm³/mol. The van der Waals surface area contributed by atoms with Crippen molar-refractivity contribution in [1.82, 2.24) is 10.2 Å². The average Bonchev–Trinajstić information content (AvgIpc) is 2.60. The number of rotatable bonds is 17. The van der Waals surface area contributed by atoms with E-state index in [9.17, 15) is 4.79 Å². The van der Waals surface area contributed by atoms with Gasteiger partial charge in [0.2, 0.25) is 0 Å². The number of nitrogens with zero attached hydrogens (tertiary/aromatic N) is 1. The molecule has 0 radical (unpaired) electrons. The zero-order valence-electron chi connectivity index (χ0n) is 16.3. The van der Waals surface area contributed by atoms with Crippen LogP contribution >= 0.6 is 0 Å². The molecule has 0 atom stereocenters. The molecule has 0 unspecified atom stereocenters. The molecule has 0 saturated heterocycles. The summed E-state index contributed by atoms with van der Waals surface area (Å²) in [7, 11) is 1.64. The maximum Gasteiger partial charge on any atom is 0.317 e. The van der Waals surface area contributed by atoms with Crippen molar-refractivity contribution in [3.63, 3.8) is 0 Å². The van der Waals surface area contributed by atoms with Crippen molar-refractivity contribution in [3.05, 3.63) is 0 Å². The number of aliphatic hydroxyl groups excluding tert-OH is 1.